The first-order chi connectivity index (χ1) is 15.0. The van der Waals surface area contributed by atoms with Crippen molar-refractivity contribution < 1.29 is 21.6 Å². The summed E-state index contributed by atoms with van der Waals surface area (Å²) in [6, 6.07) is 4.34. The van der Waals surface area contributed by atoms with Crippen LogP contribution >= 0.6 is 11.6 Å². The van der Waals surface area contributed by atoms with Gasteiger partial charge in [-0.15, -0.1) is 0 Å². The first-order valence-corrected chi connectivity index (χ1v) is 12.1. The third-order valence-corrected chi connectivity index (χ3v) is 8.29. The number of sulfonamides is 1. The van der Waals surface area contributed by atoms with E-state index in [0.29, 0.717) is 19.0 Å². The summed E-state index contributed by atoms with van der Waals surface area (Å²) in [6.45, 7) is 5.29. The molecule has 1 aromatic carbocycles. The number of rotatable bonds is 5. The molecule has 174 valence electrons. The molecule has 2 fully saturated rings. The number of benzene rings is 1. The van der Waals surface area contributed by atoms with E-state index in [1.54, 1.807) is 0 Å². The molecule has 3 heterocycles. The van der Waals surface area contributed by atoms with Crippen molar-refractivity contribution >= 4 is 33.1 Å². The zero-order valence-corrected chi connectivity index (χ0v) is 19.3. The Bertz CT molecular complexity index is 1150. The van der Waals surface area contributed by atoms with Crippen LogP contribution in [0.1, 0.15) is 19.8 Å². The van der Waals surface area contributed by atoms with Crippen LogP contribution in [0, 0.1) is 28.9 Å². The lowest BCUT2D eigenvalue weighted by Crippen LogP contribution is -2.33. The Balaban J connectivity index is 1.62. The van der Waals surface area contributed by atoms with Gasteiger partial charge >= 0.3 is 0 Å². The van der Waals surface area contributed by atoms with Crippen LogP contribution in [0.15, 0.2) is 29.2 Å². The Labute approximate surface area is 190 Å². The summed E-state index contributed by atoms with van der Waals surface area (Å²) in [4.78, 5) is 6.21. The van der Waals surface area contributed by atoms with E-state index in [1.807, 2.05) is 9.62 Å². The van der Waals surface area contributed by atoms with Gasteiger partial charge in [0.15, 0.2) is 10.7 Å². The summed E-state index contributed by atoms with van der Waals surface area (Å²) in [6.07, 6.45) is 1.91. The molecule has 0 aliphatic carbocycles. The zero-order chi connectivity index (χ0) is 23.3. The van der Waals surface area contributed by atoms with Gasteiger partial charge in [0, 0.05) is 25.7 Å². The molecule has 0 amide bonds. The van der Waals surface area contributed by atoms with Crippen LogP contribution in [0.4, 0.5) is 24.7 Å². The van der Waals surface area contributed by atoms with Crippen molar-refractivity contribution in [2.24, 2.45) is 11.3 Å². The molecule has 32 heavy (non-hydrogen) atoms. The number of hydrogen-bond donors (Lipinski definition) is 1. The van der Waals surface area contributed by atoms with E-state index >= 15 is 4.39 Å². The fourth-order valence-electron chi connectivity index (χ4n) is 4.72. The molecular formula is C21H24ClF3N4O2S. The minimum atomic E-state index is -4.73. The van der Waals surface area contributed by atoms with Gasteiger partial charge in [-0.2, -0.15) is 4.39 Å². The SMILES string of the molecule is CN1CCC([C@@]2(C)CCN(c3cc(F)c(S(=O)(=O)Nc4cccc(F)n4)c(F)c3Cl)C2)C1. The smallest absolute Gasteiger partial charge is 0.268 e. The molecule has 2 saturated heterocycles. The maximum absolute atomic E-state index is 15.1. The molecule has 4 rings (SSSR count). The number of hydrogen-bond acceptors (Lipinski definition) is 5. The molecule has 1 aromatic heterocycles. The van der Waals surface area contributed by atoms with Crippen LogP contribution in [0.3, 0.4) is 0 Å². The van der Waals surface area contributed by atoms with Gasteiger partial charge in [-0.1, -0.05) is 24.6 Å². The lowest BCUT2D eigenvalue weighted by Gasteiger charge is -2.32. The fraction of sp³-hybridized carbons (Fsp3) is 0.476. The average molecular weight is 489 g/mol. The van der Waals surface area contributed by atoms with E-state index in [2.05, 4.69) is 23.9 Å². The molecule has 2 aliphatic heterocycles. The molecule has 0 saturated carbocycles. The molecule has 1 unspecified atom stereocenters. The monoisotopic (exact) mass is 488 g/mol. The molecule has 6 nitrogen and oxygen atoms in total. The predicted molar refractivity (Wildman–Crippen MR) is 117 cm³/mol. The van der Waals surface area contributed by atoms with Gasteiger partial charge in [0.1, 0.15) is 16.7 Å². The molecule has 2 aliphatic rings. The molecule has 1 N–H and O–H groups in total. The predicted octanol–water partition coefficient (Wildman–Crippen LogP) is 4.12. The van der Waals surface area contributed by atoms with Gasteiger partial charge in [-0.25, -0.2) is 22.2 Å². The highest BCUT2D eigenvalue weighted by Crippen LogP contribution is 2.45. The molecule has 0 spiro atoms. The zero-order valence-electron chi connectivity index (χ0n) is 17.7. The van der Waals surface area contributed by atoms with Crippen molar-refractivity contribution in [3.05, 3.63) is 46.9 Å². The maximum Gasteiger partial charge on any atom is 0.268 e. The van der Waals surface area contributed by atoms with Gasteiger partial charge in [0.2, 0.25) is 5.95 Å². The summed E-state index contributed by atoms with van der Waals surface area (Å²) < 4.78 is 70.4. The summed E-state index contributed by atoms with van der Waals surface area (Å²) >= 11 is 6.20. The van der Waals surface area contributed by atoms with E-state index in [4.69, 9.17) is 11.6 Å². The lowest BCUT2D eigenvalue weighted by molar-refractivity contribution is 0.217. The topological polar surface area (TPSA) is 65.5 Å². The second-order valence-electron chi connectivity index (χ2n) is 8.86. The first-order valence-electron chi connectivity index (χ1n) is 10.3. The Morgan fingerprint density at radius 2 is 2.00 bits per heavy atom. The second-order valence-corrected chi connectivity index (χ2v) is 10.9. The molecule has 11 heteroatoms. The van der Waals surface area contributed by atoms with Crippen molar-refractivity contribution in [3.8, 4) is 0 Å². The number of aromatic nitrogens is 1. The number of nitrogens with one attached hydrogen (secondary N) is 1. The molecule has 0 radical (unpaired) electrons. The number of anilines is 2. The van der Waals surface area contributed by atoms with Crippen LogP contribution in [0.5, 0.6) is 0 Å². The van der Waals surface area contributed by atoms with Gasteiger partial charge in [0.05, 0.1) is 5.69 Å². The van der Waals surface area contributed by atoms with E-state index in [9.17, 15) is 17.2 Å². The third kappa shape index (κ3) is 4.27. The lowest BCUT2D eigenvalue weighted by atomic mass is 9.76. The standard InChI is InChI=1S/C21H24ClF3N4O2S/c1-21(13-6-8-28(2)11-13)7-9-29(12-21)15-10-14(23)20(19(25)18(15)22)32(30,31)27-17-5-3-4-16(24)26-17/h3-5,10,13H,6-9,11-12H2,1-2H3,(H,26,27)/t13?,21-/m0/s1. The highest BCUT2D eigenvalue weighted by atomic mass is 35.5. The normalized spacial score (nSPS) is 24.3. The van der Waals surface area contributed by atoms with Gasteiger partial charge < -0.3 is 9.80 Å². The van der Waals surface area contributed by atoms with Crippen LogP contribution in [-0.4, -0.2) is 51.5 Å². The van der Waals surface area contributed by atoms with E-state index < -0.39 is 43.3 Å². The van der Waals surface area contributed by atoms with Crippen molar-refractivity contribution in [3.63, 3.8) is 0 Å². The first kappa shape index (κ1) is 23.1. The number of halogens is 4. The van der Waals surface area contributed by atoms with Crippen LogP contribution in [0.25, 0.3) is 0 Å². The quantitative estimate of drug-likeness (QED) is 0.506. The highest BCUT2D eigenvalue weighted by Gasteiger charge is 2.43. The van der Waals surface area contributed by atoms with Gasteiger partial charge in [-0.3, -0.25) is 4.72 Å². The van der Waals surface area contributed by atoms with E-state index in [-0.39, 0.29) is 11.1 Å². The van der Waals surface area contributed by atoms with Gasteiger partial charge in [0.25, 0.3) is 10.0 Å². The van der Waals surface area contributed by atoms with Crippen molar-refractivity contribution in [2.75, 3.05) is 42.8 Å². The van der Waals surface area contributed by atoms with Crippen LogP contribution in [0.2, 0.25) is 5.02 Å². The fourth-order valence-corrected chi connectivity index (χ4v) is 6.19. The maximum atomic E-state index is 15.1. The molecule has 2 atom stereocenters. The Morgan fingerprint density at radius 1 is 1.25 bits per heavy atom. The van der Waals surface area contributed by atoms with E-state index in [1.165, 1.54) is 6.07 Å². The van der Waals surface area contributed by atoms with Crippen LogP contribution < -0.4 is 9.62 Å². The van der Waals surface area contributed by atoms with Gasteiger partial charge in [-0.05, 0) is 49.9 Å². The Morgan fingerprint density at radius 3 is 2.66 bits per heavy atom. The average Bonchev–Trinajstić information content (AvgIpc) is 3.31. The summed E-state index contributed by atoms with van der Waals surface area (Å²) in [7, 11) is -2.66. The third-order valence-electron chi connectivity index (χ3n) is 6.54. The summed E-state index contributed by atoms with van der Waals surface area (Å²) in [5.74, 6) is -3.54. The van der Waals surface area contributed by atoms with Crippen molar-refractivity contribution in [1.29, 1.82) is 0 Å². The minimum Gasteiger partial charge on any atom is -0.370 e. The highest BCUT2D eigenvalue weighted by molar-refractivity contribution is 7.92. The van der Waals surface area contributed by atoms with E-state index in [0.717, 1.165) is 44.1 Å². The minimum absolute atomic E-state index is 0.0314. The summed E-state index contributed by atoms with van der Waals surface area (Å²) in [5.41, 5.74) is 0.0933. The largest absolute Gasteiger partial charge is 0.370 e. The van der Waals surface area contributed by atoms with Crippen LogP contribution in [-0.2, 0) is 10.0 Å². The van der Waals surface area contributed by atoms with Crippen molar-refractivity contribution in [2.45, 2.75) is 24.7 Å². The second kappa shape index (κ2) is 8.39. The molecule has 0 bridgehead atoms. The number of nitrogens with zero attached hydrogens (tertiary/aromatic N) is 3. The van der Waals surface area contributed by atoms with Crippen molar-refractivity contribution in [1.82, 2.24) is 9.88 Å². The Kier molecular flexibility index (Phi) is 6.06. The summed E-state index contributed by atoms with van der Waals surface area (Å²) in [5, 5.41) is -0.466. The number of likely N-dealkylation sites (tertiary alicyclic amines) is 1. The molecule has 2 aromatic rings. The number of pyridine rings is 1. The Hall–Kier alpha value is -2.04. The molecular weight excluding hydrogens is 465 g/mol.